The molecule has 3 saturated heterocycles. The number of fused-ring (bicyclic) bond motifs is 4. The van der Waals surface area contributed by atoms with Crippen LogP contribution in [0, 0.1) is 29.9 Å². The highest BCUT2D eigenvalue weighted by atomic mass is 32.1. The van der Waals surface area contributed by atoms with Crippen LogP contribution in [0.15, 0.2) is 18.2 Å². The molecule has 0 spiro atoms. The summed E-state index contributed by atoms with van der Waals surface area (Å²) in [7, 11) is 0. The van der Waals surface area contributed by atoms with E-state index in [9.17, 15) is 14.4 Å². The molecule has 1 amide bonds. The van der Waals surface area contributed by atoms with Gasteiger partial charge >= 0.3 is 12.2 Å². The third kappa shape index (κ3) is 5.72. The van der Waals surface area contributed by atoms with Crippen LogP contribution in [0.25, 0.3) is 32.1 Å². The van der Waals surface area contributed by atoms with Gasteiger partial charge in [-0.15, -0.1) is 11.3 Å². The van der Waals surface area contributed by atoms with Gasteiger partial charge in [-0.1, -0.05) is 6.07 Å². The number of hydrogen-bond donors (Lipinski definition) is 1. The summed E-state index contributed by atoms with van der Waals surface area (Å²) in [6.07, 6.45) is -2.70. The summed E-state index contributed by atoms with van der Waals surface area (Å²) < 4.78 is 100. The topological polar surface area (TPSA) is 129 Å². The van der Waals surface area contributed by atoms with Gasteiger partial charge in [0, 0.05) is 54.5 Å². The van der Waals surface area contributed by atoms with Gasteiger partial charge in [0.1, 0.15) is 41.0 Å². The maximum Gasteiger partial charge on any atom is 0.417 e. The van der Waals surface area contributed by atoms with Crippen molar-refractivity contribution in [2.75, 3.05) is 50.0 Å². The first-order valence-corrected chi connectivity index (χ1v) is 19.2. The molecule has 2 N–H and O–H groups in total. The standard InChI is InChI=1S/C38H35F6N9O2S/c1-19-26-17-51(11-12-53(26)49-30(19)35(54)50-8-2-3-9-50)34-22-13-24(38(42,43)44)28(21-5-6-25(40)32-27(21)23(15-45)33(46)56-32)29(41)31(22)47-36(48-34)55-18-37-7-4-10-52(37)16-20(39)14-37/h5-6,13,20H,2-4,7-12,14,16-18,46H2,1H3. The van der Waals surface area contributed by atoms with E-state index in [1.54, 1.807) is 21.4 Å². The van der Waals surface area contributed by atoms with E-state index in [1.807, 2.05) is 11.0 Å². The third-order valence-electron chi connectivity index (χ3n) is 11.8. The van der Waals surface area contributed by atoms with E-state index >= 15 is 22.0 Å². The van der Waals surface area contributed by atoms with Crippen LogP contribution in [0.1, 0.15) is 65.0 Å². The second kappa shape index (κ2) is 13.2. The van der Waals surface area contributed by atoms with E-state index in [1.165, 1.54) is 0 Å². The number of amides is 1. The number of thiophene rings is 1. The number of nitrogens with zero attached hydrogens (tertiary/aromatic N) is 8. The molecule has 2 aromatic carbocycles. The molecule has 0 bridgehead atoms. The van der Waals surface area contributed by atoms with Crippen LogP contribution in [0.2, 0.25) is 0 Å². The number of benzene rings is 2. The minimum Gasteiger partial charge on any atom is -0.461 e. The number of carbonyl (C=O) groups excluding carboxylic acids is 1. The number of nitriles is 1. The largest absolute Gasteiger partial charge is 0.461 e. The molecular formula is C38H35F6N9O2S. The van der Waals surface area contributed by atoms with E-state index in [0.29, 0.717) is 54.3 Å². The lowest BCUT2D eigenvalue weighted by atomic mass is 9.92. The summed E-state index contributed by atoms with van der Waals surface area (Å²) >= 11 is 0.680. The molecule has 292 valence electrons. The number of aromatic nitrogens is 4. The van der Waals surface area contributed by atoms with E-state index in [2.05, 4.69) is 15.1 Å². The Hall–Kier alpha value is -5.15. The Labute approximate surface area is 320 Å². The second-order valence-electron chi connectivity index (χ2n) is 15.0. The van der Waals surface area contributed by atoms with Crippen molar-refractivity contribution in [2.24, 2.45) is 0 Å². The van der Waals surface area contributed by atoms with Gasteiger partial charge in [0.25, 0.3) is 5.91 Å². The fourth-order valence-electron chi connectivity index (χ4n) is 9.04. The summed E-state index contributed by atoms with van der Waals surface area (Å²) in [5.41, 5.74) is 3.45. The first-order valence-electron chi connectivity index (χ1n) is 18.4. The maximum absolute atomic E-state index is 17.3. The Morgan fingerprint density at radius 1 is 1.12 bits per heavy atom. The van der Waals surface area contributed by atoms with Crippen LogP contribution in [0.5, 0.6) is 6.01 Å². The molecule has 18 heteroatoms. The lowest BCUT2D eigenvalue weighted by Gasteiger charge is -2.32. The van der Waals surface area contributed by atoms with E-state index in [4.69, 9.17) is 10.5 Å². The van der Waals surface area contributed by atoms with Gasteiger partial charge in [0.05, 0.1) is 40.1 Å². The molecule has 0 saturated carbocycles. The molecule has 56 heavy (non-hydrogen) atoms. The van der Waals surface area contributed by atoms with Crippen molar-refractivity contribution in [3.05, 3.63) is 57.9 Å². The maximum atomic E-state index is 17.3. The van der Waals surface area contributed by atoms with Crippen LogP contribution in [0.4, 0.5) is 37.2 Å². The molecule has 11 nitrogen and oxygen atoms in total. The van der Waals surface area contributed by atoms with Crippen molar-refractivity contribution in [1.82, 2.24) is 29.5 Å². The molecule has 0 aliphatic carbocycles. The minimum atomic E-state index is -5.13. The van der Waals surface area contributed by atoms with Crippen LogP contribution < -0.4 is 15.4 Å². The molecule has 5 aromatic rings. The van der Waals surface area contributed by atoms with Gasteiger partial charge in [-0.3, -0.25) is 14.4 Å². The monoisotopic (exact) mass is 795 g/mol. The fourth-order valence-corrected chi connectivity index (χ4v) is 9.99. The molecule has 9 rings (SSSR count). The smallest absolute Gasteiger partial charge is 0.417 e. The van der Waals surface area contributed by atoms with Crippen molar-refractivity contribution in [3.63, 3.8) is 0 Å². The highest BCUT2D eigenvalue weighted by Crippen LogP contribution is 2.48. The number of ether oxygens (including phenoxy) is 1. The van der Waals surface area contributed by atoms with E-state index in [0.717, 1.165) is 37.5 Å². The molecule has 2 atom stereocenters. The number of nitrogens with two attached hydrogens (primary N) is 1. The first kappa shape index (κ1) is 36.5. The summed E-state index contributed by atoms with van der Waals surface area (Å²) in [4.78, 5) is 27.8. The molecule has 4 aliphatic heterocycles. The molecule has 4 aliphatic rings. The summed E-state index contributed by atoms with van der Waals surface area (Å²) in [5.74, 6) is -2.44. The zero-order valence-corrected chi connectivity index (χ0v) is 31.0. The highest BCUT2D eigenvalue weighted by molar-refractivity contribution is 7.23. The predicted molar refractivity (Wildman–Crippen MR) is 196 cm³/mol. The number of alkyl halides is 4. The summed E-state index contributed by atoms with van der Waals surface area (Å²) in [5, 5.41) is 13.9. The number of hydrogen-bond acceptors (Lipinski definition) is 10. The fraction of sp³-hybridized carbons (Fsp3) is 0.447. The number of carbonyl (C=O) groups is 1. The Balaban J connectivity index is 1.22. The lowest BCUT2D eigenvalue weighted by molar-refractivity contribution is -0.137. The Kier molecular flexibility index (Phi) is 8.62. The Bertz CT molecular complexity index is 2490. The normalized spacial score (nSPS) is 21.3. The lowest BCUT2D eigenvalue weighted by Crippen LogP contribution is -2.43. The van der Waals surface area contributed by atoms with Crippen LogP contribution >= 0.6 is 11.3 Å². The van der Waals surface area contributed by atoms with Gasteiger partial charge in [0.15, 0.2) is 11.5 Å². The van der Waals surface area contributed by atoms with Gasteiger partial charge in [-0.2, -0.15) is 33.5 Å². The zero-order valence-electron chi connectivity index (χ0n) is 30.1. The summed E-state index contributed by atoms with van der Waals surface area (Å²) in [6, 6.07) is 4.20. The summed E-state index contributed by atoms with van der Waals surface area (Å²) in [6.45, 7) is 4.43. The first-order chi connectivity index (χ1) is 26.8. The number of anilines is 2. The Morgan fingerprint density at radius 2 is 1.91 bits per heavy atom. The average Bonchev–Trinajstić information content (AvgIpc) is 4.00. The number of halogens is 6. The van der Waals surface area contributed by atoms with Crippen molar-refractivity contribution >= 4 is 49.1 Å². The molecule has 3 fully saturated rings. The van der Waals surface area contributed by atoms with Crippen molar-refractivity contribution in [1.29, 1.82) is 5.26 Å². The third-order valence-corrected chi connectivity index (χ3v) is 12.8. The number of likely N-dealkylation sites (tertiary alicyclic amines) is 1. The molecule has 2 unspecified atom stereocenters. The number of nitrogen functional groups attached to an aromatic ring is 1. The van der Waals surface area contributed by atoms with Gasteiger partial charge in [-0.25, -0.2) is 13.2 Å². The van der Waals surface area contributed by atoms with Crippen LogP contribution in [0.3, 0.4) is 0 Å². The van der Waals surface area contributed by atoms with E-state index in [-0.39, 0.29) is 88.5 Å². The molecule has 0 radical (unpaired) electrons. The molecule has 7 heterocycles. The van der Waals surface area contributed by atoms with Gasteiger partial charge < -0.3 is 20.3 Å². The second-order valence-corrected chi connectivity index (χ2v) is 16.1. The quantitative estimate of drug-likeness (QED) is 0.181. The predicted octanol–water partition coefficient (Wildman–Crippen LogP) is 6.98. The van der Waals surface area contributed by atoms with Gasteiger partial charge in [-0.05, 0) is 56.8 Å². The highest BCUT2D eigenvalue weighted by Gasteiger charge is 2.49. The Morgan fingerprint density at radius 3 is 2.66 bits per heavy atom. The van der Waals surface area contributed by atoms with Crippen molar-refractivity contribution in [2.45, 2.75) is 70.0 Å². The van der Waals surface area contributed by atoms with Gasteiger partial charge in [0.2, 0.25) is 0 Å². The zero-order chi connectivity index (χ0) is 39.3. The minimum absolute atomic E-state index is 0.0282. The van der Waals surface area contributed by atoms with Crippen molar-refractivity contribution < 1.29 is 35.9 Å². The molecular weight excluding hydrogens is 761 g/mol. The van der Waals surface area contributed by atoms with Crippen molar-refractivity contribution in [3.8, 4) is 23.2 Å². The number of rotatable bonds is 6. The van der Waals surface area contributed by atoms with Crippen LogP contribution in [-0.2, 0) is 19.3 Å². The van der Waals surface area contributed by atoms with Crippen LogP contribution in [-0.4, -0.2) is 86.5 Å². The van der Waals surface area contributed by atoms with E-state index < -0.39 is 46.2 Å². The SMILES string of the molecule is Cc1c(C(=O)N2CCCC2)nn2c1CN(c1nc(OCC34CCCN3CC(F)C4)nc3c(F)c(-c4ccc(F)c5sc(N)c(C#N)c45)c(C(F)(F)F)cc13)CC2. The molecule has 3 aromatic heterocycles. The average molecular weight is 796 g/mol.